The minimum absolute atomic E-state index is 0.0245. The third kappa shape index (κ3) is 3.47. The van der Waals surface area contributed by atoms with Crippen molar-refractivity contribution in [1.29, 1.82) is 0 Å². The van der Waals surface area contributed by atoms with E-state index in [1.165, 1.54) is 11.1 Å². The molecule has 0 saturated heterocycles. The van der Waals surface area contributed by atoms with E-state index < -0.39 is 0 Å². The number of ether oxygens (including phenoxy) is 1. The number of carbonyl (C=O) groups excluding carboxylic acids is 1. The molecule has 0 unspecified atom stereocenters. The molecule has 1 rings (SSSR count). The molecule has 0 atom stereocenters. The Bertz CT molecular complexity index is 467. The number of hydrogen-bond acceptors (Lipinski definition) is 3. The van der Waals surface area contributed by atoms with Crippen LogP contribution in [0.25, 0.3) is 0 Å². The lowest BCUT2D eigenvalue weighted by atomic mass is 9.80. The predicted molar refractivity (Wildman–Crippen MR) is 77.6 cm³/mol. The van der Waals surface area contributed by atoms with Gasteiger partial charge in [0.1, 0.15) is 5.75 Å². The molecular weight excluding hydrogens is 240 g/mol. The highest BCUT2D eigenvalue weighted by Gasteiger charge is 2.24. The van der Waals surface area contributed by atoms with E-state index in [2.05, 4.69) is 32.2 Å². The Morgan fingerprint density at radius 2 is 1.95 bits per heavy atom. The Kier molecular flexibility index (Phi) is 4.95. The number of amides is 1. The van der Waals surface area contributed by atoms with Crippen molar-refractivity contribution in [2.24, 2.45) is 5.73 Å². The van der Waals surface area contributed by atoms with Gasteiger partial charge in [-0.05, 0) is 36.6 Å². The van der Waals surface area contributed by atoms with Crippen LogP contribution in [0.3, 0.4) is 0 Å². The largest absolute Gasteiger partial charge is 0.496 e. The molecule has 0 bridgehead atoms. The van der Waals surface area contributed by atoms with Gasteiger partial charge < -0.3 is 15.8 Å². The van der Waals surface area contributed by atoms with Crippen molar-refractivity contribution in [1.82, 2.24) is 5.32 Å². The summed E-state index contributed by atoms with van der Waals surface area (Å²) in [4.78, 5) is 11.3. The predicted octanol–water partition coefficient (Wildman–Crippen LogP) is 1.66. The second kappa shape index (κ2) is 6.06. The first-order chi connectivity index (χ1) is 8.83. The van der Waals surface area contributed by atoms with Gasteiger partial charge in [0.25, 0.3) is 0 Å². The summed E-state index contributed by atoms with van der Waals surface area (Å²) in [6.45, 7) is 8.94. The number of carbonyl (C=O) groups is 1. The smallest absolute Gasteiger partial charge is 0.233 e. The molecule has 0 saturated carbocycles. The fraction of sp³-hybridized carbons (Fsp3) is 0.533. The Balaban J connectivity index is 3.01. The molecule has 0 aliphatic rings. The van der Waals surface area contributed by atoms with E-state index in [0.717, 1.165) is 11.3 Å². The van der Waals surface area contributed by atoms with Crippen molar-refractivity contribution in [2.75, 3.05) is 20.2 Å². The van der Waals surface area contributed by atoms with Crippen LogP contribution in [0.15, 0.2) is 12.1 Å². The molecule has 0 heterocycles. The van der Waals surface area contributed by atoms with E-state index in [9.17, 15) is 4.79 Å². The second-order valence-electron chi connectivity index (χ2n) is 5.43. The van der Waals surface area contributed by atoms with Crippen molar-refractivity contribution in [3.63, 3.8) is 0 Å². The normalized spacial score (nSPS) is 11.3. The zero-order chi connectivity index (χ0) is 14.6. The van der Waals surface area contributed by atoms with Crippen LogP contribution < -0.4 is 15.8 Å². The van der Waals surface area contributed by atoms with Gasteiger partial charge in [-0.25, -0.2) is 0 Å². The average molecular weight is 264 g/mol. The molecule has 1 amide bonds. The van der Waals surface area contributed by atoms with Gasteiger partial charge in [0.2, 0.25) is 5.91 Å². The quantitative estimate of drug-likeness (QED) is 0.850. The zero-order valence-corrected chi connectivity index (χ0v) is 12.5. The maximum Gasteiger partial charge on any atom is 0.233 e. The number of nitrogens with one attached hydrogen (secondary N) is 1. The molecule has 0 fully saturated rings. The average Bonchev–Trinajstić information content (AvgIpc) is 2.38. The third-order valence-corrected chi connectivity index (χ3v) is 3.60. The number of methoxy groups -OCH3 is 1. The lowest BCUT2D eigenvalue weighted by molar-refractivity contribution is -0.119. The van der Waals surface area contributed by atoms with Crippen molar-refractivity contribution in [3.05, 3.63) is 28.8 Å². The maximum absolute atomic E-state index is 11.3. The van der Waals surface area contributed by atoms with E-state index in [0.29, 0.717) is 6.54 Å². The van der Waals surface area contributed by atoms with Crippen molar-refractivity contribution < 1.29 is 9.53 Å². The van der Waals surface area contributed by atoms with E-state index in [4.69, 9.17) is 10.5 Å². The van der Waals surface area contributed by atoms with Gasteiger partial charge in [-0.2, -0.15) is 0 Å². The standard InChI is InChI=1S/C15H24N2O2/c1-10-11(2)13(19-5)7-6-12(10)15(3,4)9-17-14(18)8-16/h6-7H,8-9,16H2,1-5H3,(H,17,18). The summed E-state index contributed by atoms with van der Waals surface area (Å²) in [5.41, 5.74) is 8.71. The van der Waals surface area contributed by atoms with Crippen LogP contribution in [0.5, 0.6) is 5.75 Å². The van der Waals surface area contributed by atoms with Crippen LogP contribution in [0.2, 0.25) is 0 Å². The Morgan fingerprint density at radius 1 is 1.32 bits per heavy atom. The van der Waals surface area contributed by atoms with E-state index in [-0.39, 0.29) is 17.9 Å². The molecule has 1 aromatic carbocycles. The van der Waals surface area contributed by atoms with Crippen LogP contribution in [0.4, 0.5) is 0 Å². The summed E-state index contributed by atoms with van der Waals surface area (Å²) in [6.07, 6.45) is 0. The molecule has 0 aliphatic carbocycles. The molecule has 4 nitrogen and oxygen atoms in total. The highest BCUT2D eigenvalue weighted by molar-refractivity contribution is 5.77. The van der Waals surface area contributed by atoms with Crippen LogP contribution in [0, 0.1) is 13.8 Å². The van der Waals surface area contributed by atoms with Gasteiger partial charge in [-0.15, -0.1) is 0 Å². The highest BCUT2D eigenvalue weighted by Crippen LogP contribution is 2.31. The van der Waals surface area contributed by atoms with Crippen molar-refractivity contribution in [3.8, 4) is 5.75 Å². The SMILES string of the molecule is COc1ccc(C(C)(C)CNC(=O)CN)c(C)c1C. The monoisotopic (exact) mass is 264 g/mol. The van der Waals surface area contributed by atoms with Gasteiger partial charge in [-0.3, -0.25) is 4.79 Å². The fourth-order valence-electron chi connectivity index (χ4n) is 2.24. The lowest BCUT2D eigenvalue weighted by Gasteiger charge is -2.28. The van der Waals surface area contributed by atoms with Gasteiger partial charge in [-0.1, -0.05) is 19.9 Å². The van der Waals surface area contributed by atoms with Gasteiger partial charge in [0.05, 0.1) is 13.7 Å². The summed E-state index contributed by atoms with van der Waals surface area (Å²) in [6, 6.07) is 4.04. The van der Waals surface area contributed by atoms with Crippen LogP contribution in [0.1, 0.15) is 30.5 Å². The summed E-state index contributed by atoms with van der Waals surface area (Å²) >= 11 is 0. The molecule has 0 spiro atoms. The van der Waals surface area contributed by atoms with E-state index in [1.807, 2.05) is 13.0 Å². The van der Waals surface area contributed by atoms with Crippen LogP contribution in [-0.2, 0) is 10.2 Å². The van der Waals surface area contributed by atoms with E-state index in [1.54, 1.807) is 7.11 Å². The molecule has 3 N–H and O–H groups in total. The minimum Gasteiger partial charge on any atom is -0.496 e. The highest BCUT2D eigenvalue weighted by atomic mass is 16.5. The summed E-state index contributed by atoms with van der Waals surface area (Å²) in [5, 5.41) is 2.85. The third-order valence-electron chi connectivity index (χ3n) is 3.60. The molecular formula is C15H24N2O2. The molecule has 19 heavy (non-hydrogen) atoms. The Hall–Kier alpha value is -1.55. The first-order valence-corrected chi connectivity index (χ1v) is 6.45. The summed E-state index contributed by atoms with van der Waals surface area (Å²) in [7, 11) is 1.67. The van der Waals surface area contributed by atoms with Crippen molar-refractivity contribution in [2.45, 2.75) is 33.1 Å². The number of benzene rings is 1. The summed E-state index contributed by atoms with van der Waals surface area (Å²) < 4.78 is 5.32. The van der Waals surface area contributed by atoms with Crippen LogP contribution >= 0.6 is 0 Å². The number of rotatable bonds is 5. The van der Waals surface area contributed by atoms with Crippen molar-refractivity contribution >= 4 is 5.91 Å². The lowest BCUT2D eigenvalue weighted by Crippen LogP contribution is -2.39. The van der Waals surface area contributed by atoms with Gasteiger partial charge in [0, 0.05) is 12.0 Å². The molecule has 1 aromatic rings. The molecule has 4 heteroatoms. The first kappa shape index (κ1) is 15.5. The first-order valence-electron chi connectivity index (χ1n) is 6.45. The molecule has 0 aliphatic heterocycles. The van der Waals surface area contributed by atoms with Crippen LogP contribution in [-0.4, -0.2) is 26.1 Å². The topological polar surface area (TPSA) is 64.3 Å². The molecule has 0 aromatic heterocycles. The minimum atomic E-state index is -0.147. The molecule has 0 radical (unpaired) electrons. The fourth-order valence-corrected chi connectivity index (χ4v) is 2.24. The maximum atomic E-state index is 11.3. The van der Waals surface area contributed by atoms with E-state index >= 15 is 0 Å². The molecule has 106 valence electrons. The second-order valence-corrected chi connectivity index (χ2v) is 5.43. The summed E-state index contributed by atoms with van der Waals surface area (Å²) in [5.74, 6) is 0.763. The number of nitrogens with two attached hydrogens (primary N) is 1. The Morgan fingerprint density at radius 3 is 2.47 bits per heavy atom. The zero-order valence-electron chi connectivity index (χ0n) is 12.5. The van der Waals surface area contributed by atoms with Gasteiger partial charge >= 0.3 is 0 Å². The Labute approximate surface area is 115 Å². The van der Waals surface area contributed by atoms with Gasteiger partial charge in [0.15, 0.2) is 0 Å². The number of hydrogen-bond donors (Lipinski definition) is 2.